The number of fused-ring (bicyclic) bond motifs is 1. The molecular formula is C31H45N5O5. The Hall–Kier alpha value is -3.63. The van der Waals surface area contributed by atoms with Crippen molar-refractivity contribution in [2.45, 2.75) is 64.5 Å². The molecule has 3 amide bonds. The van der Waals surface area contributed by atoms with Crippen LogP contribution in [-0.2, 0) is 20.8 Å². The number of rotatable bonds is 12. The molecule has 0 spiro atoms. The maximum Gasteiger partial charge on any atom is 0.227 e. The van der Waals surface area contributed by atoms with Crippen LogP contribution >= 0.6 is 0 Å². The molecule has 1 aliphatic rings. The third-order valence-corrected chi connectivity index (χ3v) is 7.29. The fourth-order valence-electron chi connectivity index (χ4n) is 4.88. The van der Waals surface area contributed by atoms with Crippen LogP contribution in [0.15, 0.2) is 42.5 Å². The molecule has 0 radical (unpaired) electrons. The SMILES string of the molecule is C[C@H](CO)N1C[C@H](C)[C@H](CN(C)C)Oc2ccc(NC(=O)CCCCCC(=O)Nc3ccccc3N)cc2CC1=O. The van der Waals surface area contributed by atoms with E-state index in [1.807, 2.05) is 39.2 Å². The first-order valence-corrected chi connectivity index (χ1v) is 14.4. The molecule has 0 aromatic heterocycles. The van der Waals surface area contributed by atoms with E-state index >= 15 is 0 Å². The number of anilines is 3. The fraction of sp³-hybridized carbons (Fsp3) is 0.516. The predicted molar refractivity (Wildman–Crippen MR) is 162 cm³/mol. The van der Waals surface area contributed by atoms with E-state index in [9.17, 15) is 19.5 Å². The molecule has 5 N–H and O–H groups in total. The monoisotopic (exact) mass is 567 g/mol. The Labute approximate surface area is 243 Å². The van der Waals surface area contributed by atoms with Crippen molar-refractivity contribution in [3.05, 3.63) is 48.0 Å². The maximum absolute atomic E-state index is 13.3. The number of likely N-dealkylation sites (N-methyl/N-ethyl adjacent to an activating group) is 1. The van der Waals surface area contributed by atoms with Gasteiger partial charge in [0.2, 0.25) is 17.7 Å². The van der Waals surface area contributed by atoms with Crippen LogP contribution in [0.4, 0.5) is 17.1 Å². The first-order valence-electron chi connectivity index (χ1n) is 14.4. The minimum absolute atomic E-state index is 0.0447. The highest BCUT2D eigenvalue weighted by atomic mass is 16.5. The van der Waals surface area contributed by atoms with Gasteiger partial charge in [-0.25, -0.2) is 0 Å². The largest absolute Gasteiger partial charge is 0.488 e. The van der Waals surface area contributed by atoms with Crippen molar-refractivity contribution in [2.75, 3.05) is 50.2 Å². The van der Waals surface area contributed by atoms with Crippen molar-refractivity contribution < 1.29 is 24.2 Å². The highest BCUT2D eigenvalue weighted by Gasteiger charge is 2.30. The molecule has 1 heterocycles. The van der Waals surface area contributed by atoms with Gasteiger partial charge in [0.25, 0.3) is 0 Å². The summed E-state index contributed by atoms with van der Waals surface area (Å²) in [5.74, 6) is 0.356. The summed E-state index contributed by atoms with van der Waals surface area (Å²) >= 11 is 0. The van der Waals surface area contributed by atoms with Crippen molar-refractivity contribution in [3.63, 3.8) is 0 Å². The number of amides is 3. The Bertz CT molecular complexity index is 1190. The molecule has 10 heteroatoms. The van der Waals surface area contributed by atoms with Gasteiger partial charge in [-0.3, -0.25) is 14.4 Å². The molecule has 2 aromatic rings. The molecule has 41 heavy (non-hydrogen) atoms. The number of unbranched alkanes of at least 4 members (excludes halogenated alkanes) is 2. The summed E-state index contributed by atoms with van der Waals surface area (Å²) < 4.78 is 6.43. The maximum atomic E-state index is 13.3. The standard InChI is InChI=1S/C31H45N5O5/c1-21-18-36(22(2)20-37)31(40)17-23-16-24(14-15-27(23)41-28(21)19-35(3)4)33-29(38)12-6-5-7-13-30(39)34-26-11-9-8-10-25(26)32/h8-11,14-16,21-22,28,37H,5-7,12-13,17-20,32H2,1-4H3,(H,33,38)(H,34,39)/t21-,22+,28-/m0/s1. The van der Waals surface area contributed by atoms with E-state index in [1.165, 1.54) is 0 Å². The number of hydrogen-bond acceptors (Lipinski definition) is 7. The van der Waals surface area contributed by atoms with E-state index in [0.29, 0.717) is 67.1 Å². The summed E-state index contributed by atoms with van der Waals surface area (Å²) in [4.78, 5) is 41.9. The topological polar surface area (TPSA) is 137 Å². The zero-order valence-corrected chi connectivity index (χ0v) is 24.7. The minimum Gasteiger partial charge on any atom is -0.488 e. The number of nitrogen functional groups attached to an aromatic ring is 1. The highest BCUT2D eigenvalue weighted by molar-refractivity contribution is 5.93. The summed E-state index contributed by atoms with van der Waals surface area (Å²) in [7, 11) is 3.97. The predicted octanol–water partition coefficient (Wildman–Crippen LogP) is 3.51. The van der Waals surface area contributed by atoms with Gasteiger partial charge >= 0.3 is 0 Å². The number of ether oxygens (including phenoxy) is 1. The number of carbonyl (C=O) groups is 3. The normalized spacial score (nSPS) is 18.0. The van der Waals surface area contributed by atoms with Crippen molar-refractivity contribution in [1.29, 1.82) is 0 Å². The zero-order valence-electron chi connectivity index (χ0n) is 24.7. The number of nitrogens with zero attached hydrogens (tertiary/aromatic N) is 2. The van der Waals surface area contributed by atoms with E-state index in [2.05, 4.69) is 22.5 Å². The molecule has 0 fully saturated rings. The van der Waals surface area contributed by atoms with Crippen LogP contribution in [0.3, 0.4) is 0 Å². The lowest BCUT2D eigenvalue weighted by atomic mass is 10.0. The summed E-state index contributed by atoms with van der Waals surface area (Å²) in [5.41, 5.74) is 8.30. The minimum atomic E-state index is -0.308. The molecule has 3 atom stereocenters. The van der Waals surface area contributed by atoms with Crippen LogP contribution in [0, 0.1) is 5.92 Å². The Kier molecular flexibility index (Phi) is 12.0. The molecule has 1 aliphatic heterocycles. The molecule has 0 saturated heterocycles. The molecule has 0 unspecified atom stereocenters. The van der Waals surface area contributed by atoms with Gasteiger partial charge < -0.3 is 36.0 Å². The number of hydrogen-bond donors (Lipinski definition) is 4. The Balaban J connectivity index is 1.56. The van der Waals surface area contributed by atoms with E-state index in [4.69, 9.17) is 10.5 Å². The van der Waals surface area contributed by atoms with Gasteiger partial charge in [0.05, 0.1) is 30.4 Å². The zero-order chi connectivity index (χ0) is 29.9. The number of carbonyl (C=O) groups excluding carboxylic acids is 3. The van der Waals surface area contributed by atoms with Crippen molar-refractivity contribution in [1.82, 2.24) is 9.80 Å². The van der Waals surface area contributed by atoms with Crippen LogP contribution in [0.25, 0.3) is 0 Å². The molecule has 0 bridgehead atoms. The number of benzene rings is 2. The van der Waals surface area contributed by atoms with Gasteiger partial charge in [-0.1, -0.05) is 25.5 Å². The molecule has 2 aromatic carbocycles. The number of nitrogens with one attached hydrogen (secondary N) is 2. The summed E-state index contributed by atoms with van der Waals surface area (Å²) in [6.07, 6.45) is 2.69. The van der Waals surface area contributed by atoms with E-state index in [-0.39, 0.29) is 48.8 Å². The first kappa shape index (κ1) is 31.9. The van der Waals surface area contributed by atoms with Crippen LogP contribution in [0.2, 0.25) is 0 Å². The fourth-order valence-corrected chi connectivity index (χ4v) is 4.88. The molecule has 0 saturated carbocycles. The third kappa shape index (κ3) is 9.75. The third-order valence-electron chi connectivity index (χ3n) is 7.29. The van der Waals surface area contributed by atoms with Crippen molar-refractivity contribution >= 4 is 34.8 Å². The lowest BCUT2D eigenvalue weighted by molar-refractivity contribution is -0.134. The Morgan fingerprint density at radius 1 is 1.10 bits per heavy atom. The second-order valence-electron chi connectivity index (χ2n) is 11.2. The quantitative estimate of drug-likeness (QED) is 0.228. The van der Waals surface area contributed by atoms with Crippen molar-refractivity contribution in [3.8, 4) is 5.75 Å². The van der Waals surface area contributed by atoms with Gasteiger partial charge in [0.15, 0.2) is 0 Å². The second kappa shape index (κ2) is 15.4. The number of aliphatic hydroxyl groups is 1. The van der Waals surface area contributed by atoms with Crippen LogP contribution in [0.5, 0.6) is 5.75 Å². The van der Waals surface area contributed by atoms with E-state index in [0.717, 1.165) is 6.42 Å². The molecule has 10 nitrogen and oxygen atoms in total. The van der Waals surface area contributed by atoms with E-state index < -0.39 is 0 Å². The van der Waals surface area contributed by atoms with Crippen molar-refractivity contribution in [2.24, 2.45) is 5.92 Å². The van der Waals surface area contributed by atoms with Crippen LogP contribution in [0.1, 0.15) is 51.5 Å². The number of para-hydroxylation sites is 2. The lowest BCUT2D eigenvalue weighted by Crippen LogP contribution is -2.47. The summed E-state index contributed by atoms with van der Waals surface area (Å²) in [6.45, 7) is 4.94. The highest BCUT2D eigenvalue weighted by Crippen LogP contribution is 2.29. The second-order valence-corrected chi connectivity index (χ2v) is 11.2. The van der Waals surface area contributed by atoms with Gasteiger partial charge in [-0.05, 0) is 64.2 Å². The van der Waals surface area contributed by atoms with Gasteiger partial charge in [0.1, 0.15) is 11.9 Å². The lowest BCUT2D eigenvalue weighted by Gasteiger charge is -2.33. The van der Waals surface area contributed by atoms with Gasteiger partial charge in [0, 0.05) is 43.1 Å². The smallest absolute Gasteiger partial charge is 0.227 e. The average Bonchev–Trinajstić information content (AvgIpc) is 2.96. The Morgan fingerprint density at radius 3 is 2.44 bits per heavy atom. The van der Waals surface area contributed by atoms with Gasteiger partial charge in [-0.2, -0.15) is 0 Å². The molecule has 0 aliphatic carbocycles. The van der Waals surface area contributed by atoms with E-state index in [1.54, 1.807) is 29.2 Å². The molecule has 3 rings (SSSR count). The molecule has 224 valence electrons. The summed E-state index contributed by atoms with van der Waals surface area (Å²) in [5, 5.41) is 15.5. The van der Waals surface area contributed by atoms with Crippen LogP contribution in [-0.4, -0.2) is 78.6 Å². The number of nitrogens with two attached hydrogens (primary N) is 1. The van der Waals surface area contributed by atoms with Crippen LogP contribution < -0.4 is 21.1 Å². The average molecular weight is 568 g/mol. The molecular weight excluding hydrogens is 522 g/mol. The van der Waals surface area contributed by atoms with Gasteiger partial charge in [-0.15, -0.1) is 0 Å². The summed E-state index contributed by atoms with van der Waals surface area (Å²) in [6, 6.07) is 12.2. The first-order chi connectivity index (χ1) is 19.6. The Morgan fingerprint density at radius 2 is 1.78 bits per heavy atom. The number of aliphatic hydroxyl groups excluding tert-OH is 1.